The summed E-state index contributed by atoms with van der Waals surface area (Å²) in [5, 5.41) is 6.35. The van der Waals surface area contributed by atoms with Crippen LogP contribution >= 0.6 is 0 Å². The summed E-state index contributed by atoms with van der Waals surface area (Å²) in [5.74, 6) is 2.91. The van der Waals surface area contributed by atoms with Crippen LogP contribution in [0.5, 0.6) is 0 Å². The fourth-order valence-electron chi connectivity index (χ4n) is 6.38. The molecule has 0 radical (unpaired) electrons. The first-order valence-electron chi connectivity index (χ1n) is 10.3. The van der Waals surface area contributed by atoms with Crippen molar-refractivity contribution in [3.05, 3.63) is 0 Å². The molecule has 4 unspecified atom stereocenters. The number of nitrogens with zero attached hydrogens (tertiary/aromatic N) is 1. The fourth-order valence-corrected chi connectivity index (χ4v) is 6.38. The van der Waals surface area contributed by atoms with Gasteiger partial charge in [-0.1, -0.05) is 19.3 Å². The standard InChI is InChI=1S/C20H33N3O2/c1-14(24)23-7-5-18(6-8-23)22-19(25)21-13-20-10-15-3-2-4-16(11-20)17(9-15)12-20/h15-18H,2-13H2,1H3,(H2,21,22,25). The topological polar surface area (TPSA) is 61.4 Å². The lowest BCUT2D eigenvalue weighted by Gasteiger charge is -2.38. The molecule has 1 heterocycles. The molecule has 140 valence electrons. The fraction of sp³-hybridized carbons (Fsp3) is 0.900. The van der Waals surface area contributed by atoms with Gasteiger partial charge >= 0.3 is 6.03 Å². The Bertz CT molecular complexity index is 525. The first-order valence-corrected chi connectivity index (χ1v) is 10.3. The van der Waals surface area contributed by atoms with E-state index in [2.05, 4.69) is 10.6 Å². The van der Waals surface area contributed by atoms with Crippen LogP contribution in [0.2, 0.25) is 0 Å². The van der Waals surface area contributed by atoms with E-state index in [4.69, 9.17) is 0 Å². The Morgan fingerprint density at radius 3 is 2.56 bits per heavy atom. The van der Waals surface area contributed by atoms with Crippen LogP contribution in [-0.2, 0) is 4.79 Å². The van der Waals surface area contributed by atoms with Gasteiger partial charge in [-0.2, -0.15) is 0 Å². The molecule has 3 bridgehead atoms. The molecule has 0 aromatic carbocycles. The molecule has 4 rings (SSSR count). The van der Waals surface area contributed by atoms with Gasteiger partial charge in [0.2, 0.25) is 5.91 Å². The number of nitrogens with one attached hydrogen (secondary N) is 2. The number of hydrogen-bond acceptors (Lipinski definition) is 2. The molecule has 5 nitrogen and oxygen atoms in total. The lowest BCUT2D eigenvalue weighted by molar-refractivity contribution is -0.129. The van der Waals surface area contributed by atoms with Crippen molar-refractivity contribution in [3.8, 4) is 0 Å². The molecule has 3 amide bonds. The molecule has 4 atom stereocenters. The van der Waals surface area contributed by atoms with Gasteiger partial charge < -0.3 is 15.5 Å². The lowest BCUT2D eigenvalue weighted by atomic mass is 9.69. The van der Waals surface area contributed by atoms with Gasteiger partial charge in [0.15, 0.2) is 0 Å². The predicted molar refractivity (Wildman–Crippen MR) is 97.0 cm³/mol. The Balaban J connectivity index is 1.25. The molecule has 25 heavy (non-hydrogen) atoms. The average Bonchev–Trinajstić information content (AvgIpc) is 2.74. The van der Waals surface area contributed by atoms with Gasteiger partial charge in [-0.05, 0) is 61.7 Å². The smallest absolute Gasteiger partial charge is 0.315 e. The maximum Gasteiger partial charge on any atom is 0.315 e. The summed E-state index contributed by atoms with van der Waals surface area (Å²) in [7, 11) is 0. The minimum absolute atomic E-state index is 0.00478. The Morgan fingerprint density at radius 1 is 1.04 bits per heavy atom. The number of urea groups is 1. The molecular weight excluding hydrogens is 314 g/mol. The number of amides is 3. The van der Waals surface area contributed by atoms with Gasteiger partial charge in [-0.3, -0.25) is 4.79 Å². The number of fused-ring (bicyclic) bond motifs is 2. The third-order valence-corrected chi connectivity index (χ3v) is 7.50. The van der Waals surface area contributed by atoms with E-state index in [1.807, 2.05) is 4.90 Å². The van der Waals surface area contributed by atoms with Gasteiger partial charge in [-0.25, -0.2) is 4.79 Å². The van der Waals surface area contributed by atoms with E-state index in [1.54, 1.807) is 6.92 Å². The zero-order valence-corrected chi connectivity index (χ0v) is 15.6. The normalized spacial score (nSPS) is 37.6. The zero-order chi connectivity index (χ0) is 17.4. The summed E-state index contributed by atoms with van der Waals surface area (Å²) >= 11 is 0. The summed E-state index contributed by atoms with van der Waals surface area (Å²) < 4.78 is 0. The highest BCUT2D eigenvalue weighted by Gasteiger charge is 2.51. The van der Waals surface area contributed by atoms with Crippen LogP contribution in [0.4, 0.5) is 4.79 Å². The largest absolute Gasteiger partial charge is 0.343 e. The van der Waals surface area contributed by atoms with Crippen molar-refractivity contribution < 1.29 is 9.59 Å². The molecule has 1 saturated heterocycles. The second-order valence-corrected chi connectivity index (χ2v) is 9.27. The van der Waals surface area contributed by atoms with Crippen molar-refractivity contribution >= 4 is 11.9 Å². The SMILES string of the molecule is CC(=O)N1CCC(NC(=O)NCC23CC4CCCC(C2)C(C4)C3)CC1. The highest BCUT2D eigenvalue weighted by Crippen LogP contribution is 2.59. The molecule has 0 aromatic heterocycles. The number of hydrogen-bond donors (Lipinski definition) is 2. The van der Waals surface area contributed by atoms with E-state index >= 15 is 0 Å². The molecule has 2 N–H and O–H groups in total. The van der Waals surface area contributed by atoms with Gasteiger partial charge in [0.25, 0.3) is 0 Å². The first-order chi connectivity index (χ1) is 12.0. The summed E-state index contributed by atoms with van der Waals surface area (Å²) in [4.78, 5) is 25.6. The van der Waals surface area contributed by atoms with Crippen LogP contribution in [-0.4, -0.2) is 42.5 Å². The molecule has 3 aliphatic carbocycles. The highest BCUT2D eigenvalue weighted by atomic mass is 16.2. The Morgan fingerprint density at radius 2 is 1.80 bits per heavy atom. The van der Waals surface area contributed by atoms with Crippen LogP contribution < -0.4 is 10.6 Å². The molecule has 0 spiro atoms. The van der Waals surface area contributed by atoms with Crippen LogP contribution in [0.15, 0.2) is 0 Å². The average molecular weight is 348 g/mol. The molecule has 3 saturated carbocycles. The van der Waals surface area contributed by atoms with Crippen LogP contribution in [0.3, 0.4) is 0 Å². The van der Waals surface area contributed by atoms with Crippen molar-refractivity contribution in [3.63, 3.8) is 0 Å². The van der Waals surface area contributed by atoms with E-state index in [9.17, 15) is 9.59 Å². The number of rotatable bonds is 3. The molecule has 4 fully saturated rings. The highest BCUT2D eigenvalue weighted by molar-refractivity contribution is 5.75. The van der Waals surface area contributed by atoms with E-state index in [0.29, 0.717) is 5.41 Å². The summed E-state index contributed by atoms with van der Waals surface area (Å²) in [6, 6.07) is 0.199. The quantitative estimate of drug-likeness (QED) is 0.825. The molecule has 0 aromatic rings. The van der Waals surface area contributed by atoms with Crippen molar-refractivity contribution in [1.82, 2.24) is 15.5 Å². The van der Waals surface area contributed by atoms with Crippen LogP contribution in [0.1, 0.15) is 64.7 Å². The molecule has 4 aliphatic rings. The molecule has 5 heteroatoms. The minimum atomic E-state index is -0.00478. The summed E-state index contributed by atoms with van der Waals surface area (Å²) in [6.07, 6.45) is 11.4. The summed E-state index contributed by atoms with van der Waals surface area (Å²) in [5.41, 5.74) is 0.383. The van der Waals surface area contributed by atoms with Gasteiger partial charge in [0.05, 0.1) is 0 Å². The molecule has 1 aliphatic heterocycles. The third kappa shape index (κ3) is 3.65. The second kappa shape index (κ2) is 6.81. The predicted octanol–water partition coefficient (Wildman–Crippen LogP) is 2.90. The maximum absolute atomic E-state index is 12.4. The van der Waals surface area contributed by atoms with Crippen molar-refractivity contribution in [2.45, 2.75) is 70.8 Å². The van der Waals surface area contributed by atoms with Crippen molar-refractivity contribution in [2.24, 2.45) is 23.2 Å². The number of carbonyl (C=O) groups excluding carboxylic acids is 2. The first kappa shape index (κ1) is 17.2. The monoisotopic (exact) mass is 347 g/mol. The zero-order valence-electron chi connectivity index (χ0n) is 15.6. The van der Waals surface area contributed by atoms with Crippen molar-refractivity contribution in [1.29, 1.82) is 0 Å². The van der Waals surface area contributed by atoms with Gasteiger partial charge in [0, 0.05) is 32.6 Å². The number of likely N-dealkylation sites (tertiary alicyclic amines) is 1. The Kier molecular flexibility index (Phi) is 4.67. The lowest BCUT2D eigenvalue weighted by Crippen LogP contribution is -2.50. The van der Waals surface area contributed by atoms with Gasteiger partial charge in [0.1, 0.15) is 0 Å². The van der Waals surface area contributed by atoms with Crippen LogP contribution in [0, 0.1) is 23.2 Å². The third-order valence-electron chi connectivity index (χ3n) is 7.50. The van der Waals surface area contributed by atoms with E-state index < -0.39 is 0 Å². The maximum atomic E-state index is 12.4. The second-order valence-electron chi connectivity index (χ2n) is 9.27. The number of carbonyl (C=O) groups is 2. The van der Waals surface area contributed by atoms with E-state index in [1.165, 1.54) is 44.9 Å². The van der Waals surface area contributed by atoms with Crippen molar-refractivity contribution in [2.75, 3.05) is 19.6 Å². The van der Waals surface area contributed by atoms with Crippen LogP contribution in [0.25, 0.3) is 0 Å². The summed E-state index contributed by atoms with van der Waals surface area (Å²) in [6.45, 7) is 3.99. The van der Waals surface area contributed by atoms with E-state index in [0.717, 1.165) is 50.2 Å². The Labute approximate surface area is 151 Å². The number of piperidine rings is 1. The van der Waals surface area contributed by atoms with E-state index in [-0.39, 0.29) is 18.0 Å². The molecular formula is C20H33N3O2. The minimum Gasteiger partial charge on any atom is -0.343 e. The van der Waals surface area contributed by atoms with Gasteiger partial charge in [-0.15, -0.1) is 0 Å². The Hall–Kier alpha value is -1.26.